The molecule has 0 saturated carbocycles. The topological polar surface area (TPSA) is 18.5 Å². The zero-order valence-corrected chi connectivity index (χ0v) is 11.4. The van der Waals surface area contributed by atoms with Crippen LogP contribution in [0.15, 0.2) is 54.6 Å². The van der Waals surface area contributed by atoms with E-state index >= 15 is 0 Å². The van der Waals surface area contributed by atoms with Gasteiger partial charge in [0.25, 0.3) is 0 Å². The predicted molar refractivity (Wildman–Crippen MR) is 77.9 cm³/mol. The molecule has 0 radical (unpaired) electrons. The minimum Gasteiger partial charge on any atom is -0.493 e. The maximum absolute atomic E-state index is 6.07. The number of rotatable bonds is 1. The quantitative estimate of drug-likeness (QED) is 0.778. The third-order valence-electron chi connectivity index (χ3n) is 4.51. The Labute approximate surface area is 119 Å². The Bertz CT molecular complexity index is 593. The molecular weight excluding hydrogens is 248 g/mol. The van der Waals surface area contributed by atoms with Crippen LogP contribution in [-0.2, 0) is 4.74 Å². The largest absolute Gasteiger partial charge is 0.493 e. The van der Waals surface area contributed by atoms with Crippen LogP contribution in [0.4, 0.5) is 0 Å². The van der Waals surface area contributed by atoms with Crippen LogP contribution in [0.2, 0.25) is 0 Å². The molecule has 2 aliphatic heterocycles. The van der Waals surface area contributed by atoms with Crippen molar-refractivity contribution in [3.63, 3.8) is 0 Å². The van der Waals surface area contributed by atoms with Gasteiger partial charge in [-0.1, -0.05) is 48.5 Å². The highest BCUT2D eigenvalue weighted by atomic mass is 16.5. The fourth-order valence-electron chi connectivity index (χ4n) is 3.55. The van der Waals surface area contributed by atoms with E-state index < -0.39 is 0 Å². The van der Waals surface area contributed by atoms with Gasteiger partial charge in [-0.3, -0.25) is 0 Å². The fourth-order valence-corrected chi connectivity index (χ4v) is 3.55. The molecule has 2 heterocycles. The van der Waals surface area contributed by atoms with E-state index in [1.165, 1.54) is 11.1 Å². The van der Waals surface area contributed by atoms with Crippen LogP contribution in [0.5, 0.6) is 5.75 Å². The summed E-state index contributed by atoms with van der Waals surface area (Å²) < 4.78 is 12.0. The lowest BCUT2D eigenvalue weighted by Gasteiger charge is -2.42. The molecule has 1 saturated heterocycles. The van der Waals surface area contributed by atoms with E-state index in [-0.39, 0.29) is 6.10 Å². The van der Waals surface area contributed by atoms with Crippen LogP contribution in [-0.4, -0.2) is 13.2 Å². The molecule has 0 spiro atoms. The third kappa shape index (κ3) is 1.92. The van der Waals surface area contributed by atoms with Crippen LogP contribution in [0.1, 0.15) is 29.6 Å². The van der Waals surface area contributed by atoms with Crippen molar-refractivity contribution in [3.05, 3.63) is 65.7 Å². The summed E-state index contributed by atoms with van der Waals surface area (Å²) >= 11 is 0. The second-order valence-electron chi connectivity index (χ2n) is 5.61. The molecular formula is C18H18O2. The Morgan fingerprint density at radius 1 is 0.900 bits per heavy atom. The zero-order chi connectivity index (χ0) is 13.4. The van der Waals surface area contributed by atoms with Gasteiger partial charge in [0.15, 0.2) is 0 Å². The van der Waals surface area contributed by atoms with Gasteiger partial charge in [-0.05, 0) is 29.5 Å². The first-order valence-corrected chi connectivity index (χ1v) is 7.32. The van der Waals surface area contributed by atoms with E-state index in [0.717, 1.165) is 25.4 Å². The normalized spacial score (nSPS) is 28.1. The van der Waals surface area contributed by atoms with Gasteiger partial charge in [0.2, 0.25) is 0 Å². The number of hydrogen-bond acceptors (Lipinski definition) is 2. The highest BCUT2D eigenvalue weighted by Gasteiger charge is 2.40. The summed E-state index contributed by atoms with van der Waals surface area (Å²) in [4.78, 5) is 0. The Hall–Kier alpha value is -1.80. The molecule has 102 valence electrons. The monoisotopic (exact) mass is 266 g/mol. The van der Waals surface area contributed by atoms with Crippen LogP contribution in [0.3, 0.4) is 0 Å². The molecule has 2 aliphatic rings. The summed E-state index contributed by atoms with van der Waals surface area (Å²) in [6.45, 7) is 1.58. The highest BCUT2D eigenvalue weighted by molar-refractivity contribution is 5.39. The summed E-state index contributed by atoms with van der Waals surface area (Å²) in [7, 11) is 0. The van der Waals surface area contributed by atoms with Gasteiger partial charge in [-0.2, -0.15) is 0 Å². The van der Waals surface area contributed by atoms with Crippen molar-refractivity contribution in [2.45, 2.75) is 18.4 Å². The molecule has 20 heavy (non-hydrogen) atoms. The van der Waals surface area contributed by atoms with Crippen molar-refractivity contribution in [2.75, 3.05) is 13.2 Å². The SMILES string of the molecule is c1ccc([C@@H]2OCC[C@@H]3c4ccccc4OC[C@@H]32)cc1. The van der Waals surface area contributed by atoms with Gasteiger partial charge in [0, 0.05) is 12.5 Å². The maximum Gasteiger partial charge on any atom is 0.122 e. The van der Waals surface area contributed by atoms with E-state index in [0.29, 0.717) is 11.8 Å². The second kappa shape index (κ2) is 4.95. The number of fused-ring (bicyclic) bond motifs is 3. The fraction of sp³-hybridized carbons (Fsp3) is 0.333. The Kier molecular flexibility index (Phi) is 2.96. The maximum atomic E-state index is 6.07. The van der Waals surface area contributed by atoms with Crippen molar-refractivity contribution in [3.8, 4) is 5.75 Å². The van der Waals surface area contributed by atoms with Gasteiger partial charge in [0.05, 0.1) is 12.7 Å². The number of para-hydroxylation sites is 1. The van der Waals surface area contributed by atoms with E-state index in [4.69, 9.17) is 9.47 Å². The number of benzene rings is 2. The van der Waals surface area contributed by atoms with Gasteiger partial charge < -0.3 is 9.47 Å². The summed E-state index contributed by atoms with van der Waals surface area (Å²) in [5.74, 6) is 2.03. The summed E-state index contributed by atoms with van der Waals surface area (Å²) in [5, 5.41) is 0. The highest BCUT2D eigenvalue weighted by Crippen LogP contribution is 2.48. The molecule has 0 amide bonds. The standard InChI is InChI=1S/C18H18O2/c1-2-6-13(7-3-1)18-16-12-20-17-9-5-4-8-15(17)14(16)10-11-19-18/h1-9,14,16,18H,10-12H2/t14-,16+,18+/m1/s1. The molecule has 3 atom stereocenters. The van der Waals surface area contributed by atoms with Crippen molar-refractivity contribution < 1.29 is 9.47 Å². The lowest BCUT2D eigenvalue weighted by Crippen LogP contribution is -2.36. The van der Waals surface area contributed by atoms with Gasteiger partial charge in [0.1, 0.15) is 5.75 Å². The van der Waals surface area contributed by atoms with E-state index in [2.05, 4.69) is 48.5 Å². The minimum atomic E-state index is 0.156. The van der Waals surface area contributed by atoms with E-state index in [1.807, 2.05) is 6.07 Å². The molecule has 4 rings (SSSR count). The van der Waals surface area contributed by atoms with E-state index in [1.54, 1.807) is 0 Å². The van der Waals surface area contributed by atoms with Crippen molar-refractivity contribution >= 4 is 0 Å². The average Bonchev–Trinajstić information content (AvgIpc) is 2.55. The molecule has 0 aliphatic carbocycles. The van der Waals surface area contributed by atoms with Gasteiger partial charge in [-0.25, -0.2) is 0 Å². The summed E-state index contributed by atoms with van der Waals surface area (Å²) in [5.41, 5.74) is 2.62. The summed E-state index contributed by atoms with van der Waals surface area (Å²) in [6.07, 6.45) is 1.25. The first-order valence-electron chi connectivity index (χ1n) is 7.32. The van der Waals surface area contributed by atoms with Crippen molar-refractivity contribution in [2.24, 2.45) is 5.92 Å². The molecule has 1 fully saturated rings. The minimum absolute atomic E-state index is 0.156. The lowest BCUT2D eigenvalue weighted by atomic mass is 9.75. The molecule has 2 aromatic carbocycles. The molecule has 0 N–H and O–H groups in total. The smallest absolute Gasteiger partial charge is 0.122 e. The first-order chi connectivity index (χ1) is 9.93. The van der Waals surface area contributed by atoms with Crippen LogP contribution < -0.4 is 4.74 Å². The predicted octanol–water partition coefficient (Wildman–Crippen LogP) is 3.94. The Balaban J connectivity index is 1.70. The summed E-state index contributed by atoms with van der Waals surface area (Å²) in [6, 6.07) is 19.0. The second-order valence-corrected chi connectivity index (χ2v) is 5.61. The Morgan fingerprint density at radius 2 is 1.70 bits per heavy atom. The van der Waals surface area contributed by atoms with Crippen LogP contribution >= 0.6 is 0 Å². The van der Waals surface area contributed by atoms with Gasteiger partial charge >= 0.3 is 0 Å². The van der Waals surface area contributed by atoms with Gasteiger partial charge in [-0.15, -0.1) is 0 Å². The molecule has 2 heteroatoms. The Morgan fingerprint density at radius 3 is 2.60 bits per heavy atom. The van der Waals surface area contributed by atoms with E-state index in [9.17, 15) is 0 Å². The molecule has 0 aromatic heterocycles. The average molecular weight is 266 g/mol. The zero-order valence-electron chi connectivity index (χ0n) is 11.4. The third-order valence-corrected chi connectivity index (χ3v) is 4.51. The van der Waals surface area contributed by atoms with Crippen molar-refractivity contribution in [1.29, 1.82) is 0 Å². The molecule has 0 unspecified atom stereocenters. The number of hydrogen-bond donors (Lipinski definition) is 0. The lowest BCUT2D eigenvalue weighted by molar-refractivity contribution is -0.0615. The number of ether oxygens (including phenoxy) is 2. The van der Waals surface area contributed by atoms with Crippen LogP contribution in [0, 0.1) is 5.92 Å². The molecule has 2 aromatic rings. The van der Waals surface area contributed by atoms with Crippen molar-refractivity contribution in [1.82, 2.24) is 0 Å². The molecule has 0 bridgehead atoms. The molecule has 2 nitrogen and oxygen atoms in total. The van der Waals surface area contributed by atoms with Crippen LogP contribution in [0.25, 0.3) is 0 Å². The first kappa shape index (κ1) is 12.0.